The first-order valence-corrected chi connectivity index (χ1v) is 9.30. The van der Waals surface area contributed by atoms with Crippen LogP contribution in [0.15, 0.2) is 55.1 Å². The SMILES string of the molecule is C=CCOc1ccccc1OCC(=O)Nc1nc2ccc(OCC)cc2s1. The van der Waals surface area contributed by atoms with Crippen LogP contribution in [0.5, 0.6) is 17.2 Å². The Morgan fingerprint density at radius 3 is 2.70 bits per heavy atom. The Morgan fingerprint density at radius 1 is 1.19 bits per heavy atom. The van der Waals surface area contributed by atoms with E-state index in [1.807, 2.05) is 37.3 Å². The van der Waals surface area contributed by atoms with Crippen molar-refractivity contribution >= 4 is 32.6 Å². The molecule has 7 heteroatoms. The quantitative estimate of drug-likeness (QED) is 0.558. The smallest absolute Gasteiger partial charge is 0.264 e. The summed E-state index contributed by atoms with van der Waals surface area (Å²) in [5.41, 5.74) is 0.808. The van der Waals surface area contributed by atoms with E-state index in [0.29, 0.717) is 29.8 Å². The van der Waals surface area contributed by atoms with E-state index in [-0.39, 0.29) is 12.5 Å². The molecule has 1 amide bonds. The van der Waals surface area contributed by atoms with E-state index < -0.39 is 0 Å². The highest BCUT2D eigenvalue weighted by Gasteiger charge is 2.11. The van der Waals surface area contributed by atoms with E-state index in [1.54, 1.807) is 18.2 Å². The molecule has 27 heavy (non-hydrogen) atoms. The van der Waals surface area contributed by atoms with E-state index in [4.69, 9.17) is 14.2 Å². The molecule has 0 saturated heterocycles. The maximum Gasteiger partial charge on any atom is 0.264 e. The van der Waals surface area contributed by atoms with Crippen molar-refractivity contribution in [3.8, 4) is 17.2 Å². The molecule has 2 aromatic carbocycles. The number of fused-ring (bicyclic) bond motifs is 1. The second-order valence-corrected chi connectivity index (χ2v) is 6.50. The molecule has 0 aliphatic heterocycles. The zero-order valence-electron chi connectivity index (χ0n) is 14.9. The Balaban J connectivity index is 1.61. The molecule has 0 aliphatic carbocycles. The fourth-order valence-electron chi connectivity index (χ4n) is 2.35. The lowest BCUT2D eigenvalue weighted by Gasteiger charge is -2.11. The summed E-state index contributed by atoms with van der Waals surface area (Å²) in [6, 6.07) is 12.8. The Kier molecular flexibility index (Phi) is 6.27. The molecular weight excluding hydrogens is 364 g/mol. The Morgan fingerprint density at radius 2 is 1.96 bits per heavy atom. The predicted octanol–water partition coefficient (Wildman–Crippen LogP) is 4.28. The number of nitrogens with zero attached hydrogens (tertiary/aromatic N) is 1. The standard InChI is InChI=1S/C20H20N2O4S/c1-3-11-25-16-7-5-6-8-17(16)26-13-19(23)22-20-21-15-10-9-14(24-4-2)12-18(15)27-20/h3,5-10,12H,1,4,11,13H2,2H3,(H,21,22,23). The van der Waals surface area contributed by atoms with Crippen LogP contribution in [0.3, 0.4) is 0 Å². The third-order valence-electron chi connectivity index (χ3n) is 3.48. The van der Waals surface area contributed by atoms with Crippen LogP contribution in [-0.2, 0) is 4.79 Å². The number of aromatic nitrogens is 1. The van der Waals surface area contributed by atoms with Gasteiger partial charge in [-0.2, -0.15) is 0 Å². The minimum absolute atomic E-state index is 0.144. The molecule has 140 valence electrons. The van der Waals surface area contributed by atoms with Gasteiger partial charge in [-0.05, 0) is 37.3 Å². The van der Waals surface area contributed by atoms with Gasteiger partial charge in [-0.15, -0.1) is 0 Å². The largest absolute Gasteiger partial charge is 0.494 e. The van der Waals surface area contributed by atoms with E-state index in [9.17, 15) is 4.79 Å². The summed E-state index contributed by atoms with van der Waals surface area (Å²) >= 11 is 1.39. The van der Waals surface area contributed by atoms with Crippen LogP contribution in [-0.4, -0.2) is 30.7 Å². The van der Waals surface area contributed by atoms with Crippen molar-refractivity contribution in [3.63, 3.8) is 0 Å². The number of amides is 1. The van der Waals surface area contributed by atoms with Crippen LogP contribution in [0.25, 0.3) is 10.2 Å². The molecule has 0 saturated carbocycles. The van der Waals surface area contributed by atoms with Gasteiger partial charge >= 0.3 is 0 Å². The van der Waals surface area contributed by atoms with Crippen LogP contribution in [0.1, 0.15) is 6.92 Å². The van der Waals surface area contributed by atoms with E-state index >= 15 is 0 Å². The first-order valence-electron chi connectivity index (χ1n) is 8.48. The minimum Gasteiger partial charge on any atom is -0.494 e. The number of ether oxygens (including phenoxy) is 3. The normalized spacial score (nSPS) is 10.4. The summed E-state index contributed by atoms with van der Waals surface area (Å²) in [4.78, 5) is 16.6. The van der Waals surface area contributed by atoms with Crippen LogP contribution < -0.4 is 19.5 Å². The molecular formula is C20H20N2O4S. The third kappa shape index (κ3) is 4.98. The van der Waals surface area contributed by atoms with Gasteiger partial charge in [-0.25, -0.2) is 4.98 Å². The lowest BCUT2D eigenvalue weighted by atomic mass is 10.3. The number of para-hydroxylation sites is 2. The molecule has 3 aromatic rings. The van der Waals surface area contributed by atoms with Crippen LogP contribution in [0.2, 0.25) is 0 Å². The van der Waals surface area contributed by atoms with Crippen molar-refractivity contribution in [2.75, 3.05) is 25.1 Å². The highest BCUT2D eigenvalue weighted by atomic mass is 32.1. The van der Waals surface area contributed by atoms with Gasteiger partial charge in [-0.3, -0.25) is 10.1 Å². The molecule has 1 aromatic heterocycles. The van der Waals surface area contributed by atoms with Gasteiger partial charge in [0, 0.05) is 0 Å². The molecule has 6 nitrogen and oxygen atoms in total. The molecule has 0 unspecified atom stereocenters. The lowest BCUT2D eigenvalue weighted by Crippen LogP contribution is -2.20. The summed E-state index contributed by atoms with van der Waals surface area (Å²) in [5.74, 6) is 1.55. The van der Waals surface area contributed by atoms with Crippen LogP contribution in [0.4, 0.5) is 5.13 Å². The maximum atomic E-state index is 12.2. The number of hydrogen-bond donors (Lipinski definition) is 1. The second kappa shape index (κ2) is 9.05. The van der Waals surface area contributed by atoms with E-state index in [1.165, 1.54) is 11.3 Å². The van der Waals surface area contributed by atoms with Crippen molar-refractivity contribution in [2.24, 2.45) is 0 Å². The first kappa shape index (κ1) is 18.7. The number of carbonyl (C=O) groups is 1. The van der Waals surface area contributed by atoms with Gasteiger partial charge in [0.05, 0.1) is 16.8 Å². The van der Waals surface area contributed by atoms with Crippen molar-refractivity contribution in [1.29, 1.82) is 0 Å². The summed E-state index contributed by atoms with van der Waals surface area (Å²) in [6.45, 7) is 6.37. The molecule has 0 fully saturated rings. The van der Waals surface area contributed by atoms with E-state index in [2.05, 4.69) is 16.9 Å². The Hall–Kier alpha value is -3.06. The lowest BCUT2D eigenvalue weighted by molar-refractivity contribution is -0.118. The third-order valence-corrected chi connectivity index (χ3v) is 4.42. The van der Waals surface area contributed by atoms with Gasteiger partial charge in [-0.1, -0.05) is 36.1 Å². The Labute approximate surface area is 161 Å². The fraction of sp³-hybridized carbons (Fsp3) is 0.200. The topological polar surface area (TPSA) is 69.7 Å². The number of rotatable bonds is 9. The van der Waals surface area contributed by atoms with Gasteiger partial charge in [0.15, 0.2) is 23.2 Å². The van der Waals surface area contributed by atoms with Crippen LogP contribution >= 0.6 is 11.3 Å². The van der Waals surface area contributed by atoms with Gasteiger partial charge in [0.25, 0.3) is 5.91 Å². The summed E-state index contributed by atoms with van der Waals surface area (Å²) in [6.07, 6.45) is 1.65. The van der Waals surface area contributed by atoms with Crippen molar-refractivity contribution in [1.82, 2.24) is 4.98 Å². The number of thiazole rings is 1. The van der Waals surface area contributed by atoms with Gasteiger partial charge in [0.2, 0.25) is 0 Å². The summed E-state index contributed by atoms with van der Waals surface area (Å²) < 4.78 is 17.5. The zero-order chi connectivity index (χ0) is 19.1. The number of benzene rings is 2. The highest BCUT2D eigenvalue weighted by Crippen LogP contribution is 2.29. The molecule has 3 rings (SSSR count). The van der Waals surface area contributed by atoms with Crippen molar-refractivity contribution in [3.05, 3.63) is 55.1 Å². The molecule has 0 spiro atoms. The van der Waals surface area contributed by atoms with Gasteiger partial charge in [0.1, 0.15) is 12.4 Å². The van der Waals surface area contributed by atoms with E-state index in [0.717, 1.165) is 16.0 Å². The molecule has 1 heterocycles. The second-order valence-electron chi connectivity index (χ2n) is 5.46. The van der Waals surface area contributed by atoms with Crippen LogP contribution in [0, 0.1) is 0 Å². The Bertz CT molecular complexity index is 939. The fourth-order valence-corrected chi connectivity index (χ4v) is 3.26. The molecule has 0 bridgehead atoms. The average Bonchev–Trinajstić information content (AvgIpc) is 3.07. The average molecular weight is 384 g/mol. The van der Waals surface area contributed by atoms with Gasteiger partial charge < -0.3 is 14.2 Å². The molecule has 0 radical (unpaired) electrons. The summed E-state index contributed by atoms with van der Waals surface area (Å²) in [7, 11) is 0. The summed E-state index contributed by atoms with van der Waals surface area (Å²) in [5, 5.41) is 3.28. The molecule has 0 atom stereocenters. The number of nitrogens with one attached hydrogen (secondary N) is 1. The van der Waals surface area contributed by atoms with Crippen molar-refractivity contribution in [2.45, 2.75) is 6.92 Å². The monoisotopic (exact) mass is 384 g/mol. The molecule has 1 N–H and O–H groups in total. The predicted molar refractivity (Wildman–Crippen MR) is 107 cm³/mol. The van der Waals surface area contributed by atoms with Crippen molar-refractivity contribution < 1.29 is 19.0 Å². The maximum absolute atomic E-state index is 12.2. The number of carbonyl (C=O) groups excluding carboxylic acids is 1. The first-order chi connectivity index (χ1) is 13.2. The molecule has 0 aliphatic rings. The minimum atomic E-state index is -0.294. The number of anilines is 1. The highest BCUT2D eigenvalue weighted by molar-refractivity contribution is 7.22. The zero-order valence-corrected chi connectivity index (χ0v) is 15.8. The number of hydrogen-bond acceptors (Lipinski definition) is 6.